The Bertz CT molecular complexity index is 1000. The minimum Gasteiger partial charge on any atom is -0.319 e. The number of rotatable bonds is 5. The highest BCUT2D eigenvalue weighted by atomic mass is 32.2. The number of hydrogen-bond acceptors (Lipinski definition) is 5. The first-order valence-electron chi connectivity index (χ1n) is 8.02. The minimum absolute atomic E-state index is 0.144. The molecule has 1 aromatic carbocycles. The molecule has 0 bridgehead atoms. The molecular weight excluding hydrogens is 352 g/mol. The molecule has 0 aliphatic heterocycles. The third-order valence-corrected chi connectivity index (χ3v) is 5.22. The number of hydrogen-bond donors (Lipinski definition) is 1. The van der Waals surface area contributed by atoms with Crippen LogP contribution in [0.15, 0.2) is 40.3 Å². The van der Waals surface area contributed by atoms with Crippen molar-refractivity contribution in [3.63, 3.8) is 0 Å². The van der Waals surface area contributed by atoms with Crippen LogP contribution >= 0.6 is 11.8 Å². The van der Waals surface area contributed by atoms with E-state index in [-0.39, 0.29) is 22.9 Å². The van der Waals surface area contributed by atoms with Gasteiger partial charge in [0.1, 0.15) is 11.5 Å². The normalized spacial score (nSPS) is 10.9. The van der Waals surface area contributed by atoms with Crippen LogP contribution in [0.3, 0.4) is 0 Å². The predicted octanol–water partition coefficient (Wildman–Crippen LogP) is 1.65. The zero-order valence-electron chi connectivity index (χ0n) is 15.1. The number of carbonyl (C=O) groups is 1. The lowest BCUT2D eigenvalue weighted by atomic mass is 10.3. The Morgan fingerprint density at radius 2 is 1.85 bits per heavy atom. The summed E-state index contributed by atoms with van der Waals surface area (Å²) in [5.74, 6) is 0.657. The number of aromatic nitrogens is 5. The molecule has 136 valence electrons. The number of nitrogens with zero attached hydrogens (tertiary/aromatic N) is 5. The Morgan fingerprint density at radius 3 is 2.46 bits per heavy atom. The van der Waals surface area contributed by atoms with Crippen molar-refractivity contribution in [1.29, 1.82) is 0 Å². The van der Waals surface area contributed by atoms with Crippen molar-refractivity contribution >= 4 is 23.4 Å². The first-order valence-corrected chi connectivity index (χ1v) is 9.01. The molecule has 0 radical (unpaired) electrons. The van der Waals surface area contributed by atoms with E-state index in [1.807, 2.05) is 48.9 Å². The van der Waals surface area contributed by atoms with E-state index in [1.165, 1.54) is 16.4 Å². The minimum atomic E-state index is -0.262. The summed E-state index contributed by atoms with van der Waals surface area (Å²) < 4.78 is 5.07. The summed E-state index contributed by atoms with van der Waals surface area (Å²) in [5.41, 5.74) is 1.46. The van der Waals surface area contributed by atoms with Crippen LogP contribution in [-0.4, -0.2) is 35.8 Å². The van der Waals surface area contributed by atoms with Gasteiger partial charge in [-0.15, -0.1) is 10.2 Å². The van der Waals surface area contributed by atoms with E-state index in [9.17, 15) is 9.59 Å². The molecule has 0 aliphatic rings. The SMILES string of the molecule is Cc1nnc(SCC(=O)Nc2c(C)n(C)n(-c3ccccc3)c2=O)n1C. The Balaban J connectivity index is 1.79. The largest absolute Gasteiger partial charge is 0.319 e. The number of thioether (sulfide) groups is 1. The van der Waals surface area contributed by atoms with Crippen molar-refractivity contribution in [2.45, 2.75) is 19.0 Å². The molecule has 0 saturated heterocycles. The van der Waals surface area contributed by atoms with E-state index in [2.05, 4.69) is 15.5 Å². The average molecular weight is 372 g/mol. The van der Waals surface area contributed by atoms with Crippen LogP contribution in [-0.2, 0) is 18.9 Å². The quantitative estimate of drug-likeness (QED) is 0.688. The number of anilines is 1. The zero-order chi connectivity index (χ0) is 18.8. The maximum Gasteiger partial charge on any atom is 0.295 e. The van der Waals surface area contributed by atoms with Crippen molar-refractivity contribution < 1.29 is 4.79 Å². The summed E-state index contributed by atoms with van der Waals surface area (Å²) in [6.07, 6.45) is 0. The lowest BCUT2D eigenvalue weighted by molar-refractivity contribution is -0.113. The second-order valence-corrected chi connectivity index (χ2v) is 6.80. The lowest BCUT2D eigenvalue weighted by Crippen LogP contribution is -2.23. The number of nitrogens with one attached hydrogen (secondary N) is 1. The molecule has 26 heavy (non-hydrogen) atoms. The number of amides is 1. The van der Waals surface area contributed by atoms with E-state index >= 15 is 0 Å². The monoisotopic (exact) mass is 372 g/mol. The molecule has 8 nitrogen and oxygen atoms in total. The molecule has 0 aliphatic carbocycles. The second kappa shape index (κ2) is 7.20. The van der Waals surface area contributed by atoms with Gasteiger partial charge in [0.2, 0.25) is 5.91 Å². The summed E-state index contributed by atoms with van der Waals surface area (Å²) >= 11 is 1.28. The molecule has 1 amide bonds. The smallest absolute Gasteiger partial charge is 0.295 e. The second-order valence-electron chi connectivity index (χ2n) is 5.86. The van der Waals surface area contributed by atoms with Crippen LogP contribution in [0.4, 0.5) is 5.69 Å². The molecule has 0 unspecified atom stereocenters. The van der Waals surface area contributed by atoms with Gasteiger partial charge in [0.25, 0.3) is 5.56 Å². The van der Waals surface area contributed by atoms with E-state index in [0.717, 1.165) is 11.5 Å². The average Bonchev–Trinajstić information content (AvgIpc) is 3.06. The van der Waals surface area contributed by atoms with Crippen molar-refractivity contribution in [1.82, 2.24) is 24.1 Å². The highest BCUT2D eigenvalue weighted by Crippen LogP contribution is 2.17. The fraction of sp³-hybridized carbons (Fsp3) is 0.294. The number of para-hydroxylation sites is 1. The number of carbonyl (C=O) groups excluding carboxylic acids is 1. The van der Waals surface area contributed by atoms with Crippen LogP contribution in [0.2, 0.25) is 0 Å². The standard InChI is InChI=1S/C17H20N6O2S/c1-11-15(16(25)23(22(11)4)13-8-6-5-7-9-13)18-14(24)10-26-17-20-19-12(2)21(17)3/h5-9H,10H2,1-4H3,(H,18,24). The Labute approximate surface area is 154 Å². The Hall–Kier alpha value is -2.81. The molecule has 0 spiro atoms. The van der Waals surface area contributed by atoms with Crippen molar-refractivity contribution in [3.05, 3.63) is 52.2 Å². The summed E-state index contributed by atoms with van der Waals surface area (Å²) in [6.45, 7) is 3.64. The van der Waals surface area contributed by atoms with Gasteiger partial charge < -0.3 is 9.88 Å². The van der Waals surface area contributed by atoms with Gasteiger partial charge in [-0.3, -0.25) is 14.3 Å². The molecule has 3 rings (SSSR count). The summed E-state index contributed by atoms with van der Waals surface area (Å²) in [5, 5.41) is 11.4. The summed E-state index contributed by atoms with van der Waals surface area (Å²) in [7, 11) is 3.63. The van der Waals surface area contributed by atoms with Gasteiger partial charge >= 0.3 is 0 Å². The molecule has 3 aromatic rings. The van der Waals surface area contributed by atoms with Gasteiger partial charge in [0.05, 0.1) is 17.1 Å². The summed E-state index contributed by atoms with van der Waals surface area (Å²) in [6, 6.07) is 9.31. The molecule has 1 N–H and O–H groups in total. The van der Waals surface area contributed by atoms with Gasteiger partial charge in [-0.2, -0.15) is 0 Å². The Morgan fingerprint density at radius 1 is 1.15 bits per heavy atom. The van der Waals surface area contributed by atoms with Crippen LogP contribution in [0.1, 0.15) is 11.5 Å². The molecule has 0 fully saturated rings. The lowest BCUT2D eigenvalue weighted by Gasteiger charge is -2.07. The van der Waals surface area contributed by atoms with Crippen LogP contribution in [0.25, 0.3) is 5.69 Å². The van der Waals surface area contributed by atoms with E-state index < -0.39 is 0 Å². The maximum absolute atomic E-state index is 12.8. The number of benzene rings is 1. The fourth-order valence-corrected chi connectivity index (χ4v) is 3.29. The fourth-order valence-electron chi connectivity index (χ4n) is 2.53. The van der Waals surface area contributed by atoms with Crippen LogP contribution < -0.4 is 10.9 Å². The highest BCUT2D eigenvalue weighted by Gasteiger charge is 2.18. The maximum atomic E-state index is 12.8. The third kappa shape index (κ3) is 3.30. The van der Waals surface area contributed by atoms with Gasteiger partial charge in [0.15, 0.2) is 5.16 Å². The van der Waals surface area contributed by atoms with Crippen molar-refractivity contribution in [2.75, 3.05) is 11.1 Å². The zero-order valence-corrected chi connectivity index (χ0v) is 15.9. The van der Waals surface area contributed by atoms with Crippen LogP contribution in [0.5, 0.6) is 0 Å². The van der Waals surface area contributed by atoms with Crippen molar-refractivity contribution in [2.24, 2.45) is 14.1 Å². The topological polar surface area (TPSA) is 86.7 Å². The third-order valence-electron chi connectivity index (χ3n) is 4.20. The van der Waals surface area contributed by atoms with Gasteiger partial charge in [-0.1, -0.05) is 30.0 Å². The first-order chi connectivity index (χ1) is 12.4. The molecule has 9 heteroatoms. The number of aryl methyl sites for hydroxylation is 1. The molecule has 0 saturated carbocycles. The van der Waals surface area contributed by atoms with Crippen LogP contribution in [0, 0.1) is 13.8 Å². The van der Waals surface area contributed by atoms with E-state index in [1.54, 1.807) is 18.7 Å². The molecular formula is C17H20N6O2S. The summed E-state index contributed by atoms with van der Waals surface area (Å²) in [4.78, 5) is 25.1. The highest BCUT2D eigenvalue weighted by molar-refractivity contribution is 7.99. The van der Waals surface area contributed by atoms with Gasteiger partial charge in [-0.05, 0) is 26.0 Å². The predicted molar refractivity (Wildman–Crippen MR) is 101 cm³/mol. The van der Waals surface area contributed by atoms with Crippen molar-refractivity contribution in [3.8, 4) is 5.69 Å². The molecule has 0 atom stereocenters. The molecule has 2 aromatic heterocycles. The Kier molecular flexibility index (Phi) is 4.99. The van der Waals surface area contributed by atoms with Gasteiger partial charge in [-0.25, -0.2) is 4.68 Å². The molecule has 2 heterocycles. The first kappa shape index (κ1) is 18.0. The van der Waals surface area contributed by atoms with E-state index in [4.69, 9.17) is 0 Å². The van der Waals surface area contributed by atoms with Gasteiger partial charge in [0, 0.05) is 14.1 Å². The van der Waals surface area contributed by atoms with E-state index in [0.29, 0.717) is 10.9 Å².